The Morgan fingerprint density at radius 1 is 0.576 bits per heavy atom. The van der Waals surface area contributed by atoms with Gasteiger partial charge in [0.15, 0.2) is 0 Å². The Balaban J connectivity index is 1.56. The highest BCUT2D eigenvalue weighted by Gasteiger charge is 2.41. The second-order valence-corrected chi connectivity index (χ2v) is 22.0. The Morgan fingerprint density at radius 3 is 1.55 bits per heavy atom. The first-order valence-corrected chi connectivity index (χ1v) is 30.1. The summed E-state index contributed by atoms with van der Waals surface area (Å²) in [5.74, 6) is -10.2. The van der Waals surface area contributed by atoms with Crippen LogP contribution in [0.1, 0.15) is 107 Å². The lowest BCUT2D eigenvalue weighted by atomic mass is 10.0. The number of hydrogen-bond acceptors (Lipinski definition) is 16. The summed E-state index contributed by atoms with van der Waals surface area (Å²) in [5.41, 5.74) is 25.2. The number of aromatic nitrogens is 1. The van der Waals surface area contributed by atoms with E-state index in [4.69, 9.17) is 22.9 Å². The molecule has 1 fully saturated rings. The van der Waals surface area contributed by atoms with Crippen molar-refractivity contribution >= 4 is 87.8 Å². The Labute approximate surface area is 497 Å². The van der Waals surface area contributed by atoms with Gasteiger partial charge in [-0.1, -0.05) is 48.5 Å². The molecule has 8 amide bonds. The van der Waals surface area contributed by atoms with Gasteiger partial charge in [-0.15, -0.1) is 0 Å². The van der Waals surface area contributed by atoms with Crippen molar-refractivity contribution in [3.8, 4) is 0 Å². The zero-order valence-corrected chi connectivity index (χ0v) is 48.8. The Bertz CT molecular complexity index is 2720. The first-order valence-electron chi connectivity index (χ1n) is 28.7. The van der Waals surface area contributed by atoms with Crippen LogP contribution in [0.3, 0.4) is 0 Å². The van der Waals surface area contributed by atoms with E-state index in [2.05, 4.69) is 42.2 Å². The number of carboxylic acids is 3. The minimum absolute atomic E-state index is 0.00808. The van der Waals surface area contributed by atoms with E-state index < -0.39 is 139 Å². The van der Waals surface area contributed by atoms with E-state index in [1.807, 2.05) is 6.07 Å². The van der Waals surface area contributed by atoms with Gasteiger partial charge < -0.3 is 85.4 Å². The number of nitrogens with two attached hydrogens (primary N) is 4. The minimum atomic E-state index is -1.57. The lowest BCUT2D eigenvalue weighted by Gasteiger charge is -2.30. The topological polar surface area (TPSA) is 456 Å². The largest absolute Gasteiger partial charge is 0.481 e. The molecule has 2 heterocycles. The maximum absolute atomic E-state index is 14.5. The van der Waals surface area contributed by atoms with Gasteiger partial charge in [0.05, 0.1) is 12.5 Å². The molecule has 0 bridgehead atoms. The molecule has 4 rings (SSSR count). The number of carbonyl (C=O) groups excluding carboxylic acids is 8. The summed E-state index contributed by atoms with van der Waals surface area (Å²) in [6.07, 6.45) is 4.50. The molecule has 3 aromatic rings. The predicted molar refractivity (Wildman–Crippen MR) is 317 cm³/mol. The van der Waals surface area contributed by atoms with Crippen LogP contribution in [0.5, 0.6) is 0 Å². The Hall–Kier alpha value is -7.66. The number of thioether (sulfide) groups is 1. The maximum Gasteiger partial charge on any atom is 0.326 e. The van der Waals surface area contributed by atoms with Gasteiger partial charge >= 0.3 is 17.9 Å². The third-order valence-electron chi connectivity index (χ3n) is 14.4. The highest BCUT2D eigenvalue weighted by atomic mass is 32.2. The number of benzene rings is 2. The van der Waals surface area contributed by atoms with Crippen molar-refractivity contribution in [2.45, 2.75) is 164 Å². The number of rotatable bonds is 40. The molecule has 1 aliphatic heterocycles. The van der Waals surface area contributed by atoms with Crippen LogP contribution in [0.25, 0.3) is 10.9 Å². The van der Waals surface area contributed by atoms with Gasteiger partial charge in [-0.25, -0.2) is 4.79 Å². The van der Waals surface area contributed by atoms with Crippen LogP contribution in [-0.2, 0) is 65.6 Å². The number of hydrogen-bond donors (Lipinski definition) is 15. The number of nitrogens with zero attached hydrogens (tertiary/aromatic N) is 1. The molecular weight excluding hydrogens is 1120 g/mol. The van der Waals surface area contributed by atoms with Crippen molar-refractivity contribution in [1.29, 1.82) is 0 Å². The fourth-order valence-corrected chi connectivity index (χ4v) is 10.3. The molecule has 1 aliphatic rings. The van der Waals surface area contributed by atoms with Crippen molar-refractivity contribution in [2.75, 3.05) is 38.2 Å². The molecule has 1 aromatic heterocycles. The maximum atomic E-state index is 14.5. The number of para-hydroxylation sites is 1. The fraction of sp³-hybridized carbons (Fsp3) is 0.561. The lowest BCUT2D eigenvalue weighted by Crippen LogP contribution is -2.60. The molecule has 19 N–H and O–H groups in total. The van der Waals surface area contributed by atoms with Crippen molar-refractivity contribution in [1.82, 2.24) is 47.1 Å². The van der Waals surface area contributed by atoms with Crippen LogP contribution in [0.15, 0.2) is 60.8 Å². The first kappa shape index (κ1) is 69.8. The fourth-order valence-electron chi connectivity index (χ4n) is 9.79. The summed E-state index contributed by atoms with van der Waals surface area (Å²) in [5, 5.41) is 48.3. The minimum Gasteiger partial charge on any atom is -0.481 e. The number of carboxylic acid groups (broad SMARTS) is 3. The van der Waals surface area contributed by atoms with Crippen LogP contribution in [0.2, 0.25) is 0 Å². The van der Waals surface area contributed by atoms with Crippen LogP contribution in [0, 0.1) is 0 Å². The zero-order chi connectivity index (χ0) is 62.4. The normalized spacial score (nSPS) is 15.8. The van der Waals surface area contributed by atoms with Gasteiger partial charge in [-0.05, 0) is 132 Å². The van der Waals surface area contributed by atoms with E-state index in [9.17, 15) is 68.1 Å². The van der Waals surface area contributed by atoms with Crippen LogP contribution in [0.4, 0.5) is 0 Å². The number of H-pyrrole nitrogens is 1. The second-order valence-electron chi connectivity index (χ2n) is 21.0. The highest BCUT2D eigenvalue weighted by Crippen LogP contribution is 2.24. The average molecular weight is 1210 g/mol. The van der Waals surface area contributed by atoms with Crippen molar-refractivity contribution in [3.05, 3.63) is 71.9 Å². The smallest absolute Gasteiger partial charge is 0.326 e. The molecule has 0 unspecified atom stereocenters. The molecule has 0 spiro atoms. The van der Waals surface area contributed by atoms with Crippen molar-refractivity contribution < 1.29 is 68.1 Å². The molecule has 468 valence electrons. The molecule has 85 heavy (non-hydrogen) atoms. The molecule has 0 aliphatic carbocycles. The molecule has 1 saturated heterocycles. The number of aromatic amines is 1. The van der Waals surface area contributed by atoms with Crippen LogP contribution < -0.4 is 60.2 Å². The van der Waals surface area contributed by atoms with Crippen molar-refractivity contribution in [2.24, 2.45) is 22.9 Å². The van der Waals surface area contributed by atoms with Crippen molar-refractivity contribution in [3.63, 3.8) is 0 Å². The molecule has 27 nitrogen and oxygen atoms in total. The molecule has 0 radical (unpaired) electrons. The summed E-state index contributed by atoms with van der Waals surface area (Å²) in [7, 11) is 0. The van der Waals surface area contributed by atoms with Gasteiger partial charge in [-0.3, -0.25) is 47.9 Å². The SMILES string of the molecule is CSCC[C@H](NC(=O)[C@H](CCC(=O)O)NC(=O)[C@@H]1CCCN1C(=O)[C@H](Cc1c[nH]c2ccccc12)NC(=O)[C@@H](N)CC(=O)O)C(=O)N[C@@H](CCCCN)C(=O)N[C@@H](CCCCN)C(=O)N[C@@H](CCCCN)C(=O)N[C@@H](Cc1ccccc1)C(=O)O. The lowest BCUT2D eigenvalue weighted by molar-refractivity contribution is -0.143. The summed E-state index contributed by atoms with van der Waals surface area (Å²) in [6, 6.07) is 3.68. The summed E-state index contributed by atoms with van der Waals surface area (Å²) < 4.78 is 0. The van der Waals surface area contributed by atoms with Crippen LogP contribution in [-0.4, -0.2) is 183 Å². The van der Waals surface area contributed by atoms with Gasteiger partial charge in [0.25, 0.3) is 0 Å². The number of unbranched alkanes of at least 4 members (excludes halogenated alkanes) is 3. The number of fused-ring (bicyclic) bond motifs is 1. The number of nitrogens with one attached hydrogen (secondary N) is 8. The Kier molecular flexibility index (Phi) is 30.3. The first-order chi connectivity index (χ1) is 40.7. The zero-order valence-electron chi connectivity index (χ0n) is 48.0. The second kappa shape index (κ2) is 36.9. The third kappa shape index (κ3) is 23.4. The molecule has 2 aromatic carbocycles. The van der Waals surface area contributed by atoms with Crippen LogP contribution >= 0.6 is 11.8 Å². The quantitative estimate of drug-likeness (QED) is 0.0311. The molecule has 28 heteroatoms. The molecular formula is C57H85N13O14S. The highest BCUT2D eigenvalue weighted by molar-refractivity contribution is 7.98. The van der Waals surface area contributed by atoms with E-state index in [-0.39, 0.29) is 71.1 Å². The average Bonchev–Trinajstić information content (AvgIpc) is 4.04. The van der Waals surface area contributed by atoms with Gasteiger partial charge in [-0.2, -0.15) is 11.8 Å². The number of aliphatic carboxylic acids is 3. The standard InChI is InChI=1S/C57H85N13O14S/c1-85-29-24-43(54(80)65-40(19-8-11-26-59)51(77)63-39(18-7-10-25-58)50(76)64-41(20-9-12-27-60)52(78)69-45(57(83)84)30-34-14-3-2-4-15-34)66-53(79)42(22-23-47(71)72)67-55(81)46-21-13-28-70(46)56(82)44(68-49(75)37(61)32-48(73)74)31-35-33-62-38-17-6-5-16-36(35)38/h2-6,14-17,33,37,39-46,62H,7-13,18-32,58-61H2,1H3,(H,63,77)(H,64,76)(H,65,80)(H,66,79)(H,67,81)(H,68,75)(H,69,78)(H,71,72)(H,73,74)(H,83,84)/t37-,39-,40-,41-,42-,43-,44-,45-,46-/m0/s1. The number of carbonyl (C=O) groups is 11. The summed E-state index contributed by atoms with van der Waals surface area (Å²) in [4.78, 5) is 153. The Morgan fingerprint density at radius 2 is 1.06 bits per heavy atom. The molecule has 9 atom stereocenters. The monoisotopic (exact) mass is 1210 g/mol. The van der Waals surface area contributed by atoms with E-state index in [1.165, 1.54) is 16.7 Å². The number of likely N-dealkylation sites (tertiary alicyclic amines) is 1. The third-order valence-corrected chi connectivity index (χ3v) is 15.1. The van der Waals surface area contributed by atoms with E-state index in [0.29, 0.717) is 61.8 Å². The summed E-state index contributed by atoms with van der Waals surface area (Å²) in [6.45, 7) is 0.820. The van der Waals surface area contributed by atoms with E-state index in [1.54, 1.807) is 61.0 Å². The van der Waals surface area contributed by atoms with Gasteiger partial charge in [0.2, 0.25) is 47.3 Å². The predicted octanol–water partition coefficient (Wildman–Crippen LogP) is -0.771. The summed E-state index contributed by atoms with van der Waals surface area (Å²) >= 11 is 1.33. The van der Waals surface area contributed by atoms with Gasteiger partial charge in [0.1, 0.15) is 48.3 Å². The van der Waals surface area contributed by atoms with Gasteiger partial charge in [0, 0.05) is 42.9 Å². The van der Waals surface area contributed by atoms with E-state index in [0.717, 1.165) is 10.9 Å². The number of amides is 8. The molecule has 0 saturated carbocycles. The van der Waals surface area contributed by atoms with E-state index >= 15 is 0 Å².